The van der Waals surface area contributed by atoms with Gasteiger partial charge in [0.1, 0.15) is 18.0 Å². The zero-order chi connectivity index (χ0) is 10.7. The molecule has 0 bridgehead atoms. The average molecular weight is 268 g/mol. The molecule has 0 aromatic carbocycles. The molecule has 0 amide bonds. The first kappa shape index (κ1) is 10.1. The third-order valence-electron chi connectivity index (χ3n) is 1.92. The smallest absolute Gasteiger partial charge is 0.143 e. The van der Waals surface area contributed by atoms with E-state index in [1.165, 1.54) is 6.33 Å². The van der Waals surface area contributed by atoms with Crippen molar-refractivity contribution >= 4 is 21.7 Å². The monoisotopic (exact) mass is 267 g/mol. The summed E-state index contributed by atoms with van der Waals surface area (Å²) in [7, 11) is 0. The first-order valence-corrected chi connectivity index (χ1v) is 5.26. The Balaban J connectivity index is 2.02. The Morgan fingerprint density at radius 2 is 2.33 bits per heavy atom. The van der Waals surface area contributed by atoms with Crippen molar-refractivity contribution in [2.75, 3.05) is 5.32 Å². The second kappa shape index (κ2) is 4.39. The second-order valence-corrected chi connectivity index (χ2v) is 3.90. The van der Waals surface area contributed by atoms with Crippen molar-refractivity contribution in [3.63, 3.8) is 0 Å². The van der Waals surface area contributed by atoms with Gasteiger partial charge in [-0.1, -0.05) is 0 Å². The van der Waals surface area contributed by atoms with Crippen molar-refractivity contribution in [1.82, 2.24) is 20.2 Å². The maximum Gasteiger partial charge on any atom is 0.143 e. The summed E-state index contributed by atoms with van der Waals surface area (Å²) in [6.07, 6.45) is 1.48. The number of aromatic amines is 1. The van der Waals surface area contributed by atoms with E-state index in [9.17, 15) is 0 Å². The maximum absolute atomic E-state index is 4.35. The largest absolute Gasteiger partial charge is 0.363 e. The van der Waals surface area contributed by atoms with Crippen molar-refractivity contribution in [1.29, 1.82) is 0 Å². The highest BCUT2D eigenvalue weighted by Gasteiger charge is 1.99. The van der Waals surface area contributed by atoms with E-state index in [1.807, 2.05) is 19.1 Å². The van der Waals surface area contributed by atoms with Crippen LogP contribution in [0, 0.1) is 6.92 Å². The van der Waals surface area contributed by atoms with Gasteiger partial charge >= 0.3 is 0 Å². The number of nitrogens with one attached hydrogen (secondary N) is 2. The summed E-state index contributed by atoms with van der Waals surface area (Å²) in [6.45, 7) is 2.54. The number of hydrogen-bond donors (Lipinski definition) is 2. The van der Waals surface area contributed by atoms with Gasteiger partial charge in [0, 0.05) is 4.47 Å². The van der Waals surface area contributed by atoms with Crippen LogP contribution >= 0.6 is 15.9 Å². The second-order valence-electron chi connectivity index (χ2n) is 3.05. The number of aromatic nitrogens is 4. The van der Waals surface area contributed by atoms with Gasteiger partial charge in [-0.25, -0.2) is 9.97 Å². The minimum absolute atomic E-state index is 0.591. The van der Waals surface area contributed by atoms with Crippen LogP contribution in [-0.2, 0) is 6.54 Å². The summed E-state index contributed by atoms with van der Waals surface area (Å²) in [5, 5.41) is 9.68. The molecule has 2 N–H and O–H groups in total. The molecule has 5 nitrogen and oxygen atoms in total. The first-order chi connectivity index (χ1) is 7.25. The molecule has 78 valence electrons. The van der Waals surface area contributed by atoms with Crippen LogP contribution in [0.25, 0.3) is 0 Å². The zero-order valence-electron chi connectivity index (χ0n) is 8.16. The Morgan fingerprint density at radius 3 is 3.00 bits per heavy atom. The molecule has 2 rings (SSSR count). The van der Waals surface area contributed by atoms with E-state index in [1.54, 1.807) is 0 Å². The van der Waals surface area contributed by atoms with Gasteiger partial charge in [0.05, 0.1) is 12.2 Å². The molecule has 0 radical (unpaired) electrons. The van der Waals surface area contributed by atoms with E-state index in [4.69, 9.17) is 0 Å². The highest BCUT2D eigenvalue weighted by Crippen LogP contribution is 2.16. The third-order valence-corrected chi connectivity index (χ3v) is 2.76. The third kappa shape index (κ3) is 2.53. The summed E-state index contributed by atoms with van der Waals surface area (Å²) < 4.78 is 1.01. The van der Waals surface area contributed by atoms with Gasteiger partial charge < -0.3 is 5.32 Å². The number of aryl methyl sites for hydroxylation is 1. The zero-order valence-corrected chi connectivity index (χ0v) is 9.74. The lowest BCUT2D eigenvalue weighted by atomic mass is 10.4. The number of hydrogen-bond acceptors (Lipinski definition) is 4. The Labute approximate surface area is 95.5 Å². The lowest BCUT2D eigenvalue weighted by Crippen LogP contribution is -2.03. The molecule has 2 aromatic heterocycles. The molecule has 6 heteroatoms. The van der Waals surface area contributed by atoms with Crippen LogP contribution in [0.4, 0.5) is 5.82 Å². The van der Waals surface area contributed by atoms with Gasteiger partial charge in [-0.3, -0.25) is 5.10 Å². The molecule has 0 saturated heterocycles. The summed E-state index contributed by atoms with van der Waals surface area (Å²) in [4.78, 5) is 8.36. The van der Waals surface area contributed by atoms with Gasteiger partial charge in [0.25, 0.3) is 0 Å². The van der Waals surface area contributed by atoms with E-state index >= 15 is 0 Å². The summed E-state index contributed by atoms with van der Waals surface area (Å²) in [6, 6.07) is 3.87. The van der Waals surface area contributed by atoms with Crippen molar-refractivity contribution in [3.05, 3.63) is 34.5 Å². The molecule has 0 aliphatic heterocycles. The number of pyridine rings is 1. The number of H-pyrrole nitrogens is 1. The van der Waals surface area contributed by atoms with Crippen molar-refractivity contribution in [2.24, 2.45) is 0 Å². The predicted octanol–water partition coefficient (Wildman–Crippen LogP) is 1.88. The maximum atomic E-state index is 4.35. The lowest BCUT2D eigenvalue weighted by Gasteiger charge is -2.04. The Hall–Kier alpha value is -1.43. The van der Waals surface area contributed by atoms with Crippen molar-refractivity contribution < 1.29 is 0 Å². The average Bonchev–Trinajstić information content (AvgIpc) is 2.73. The molecule has 0 spiro atoms. The van der Waals surface area contributed by atoms with Crippen molar-refractivity contribution in [2.45, 2.75) is 13.5 Å². The van der Waals surface area contributed by atoms with Crippen LogP contribution < -0.4 is 5.32 Å². The van der Waals surface area contributed by atoms with Crippen LogP contribution in [0.15, 0.2) is 22.9 Å². The fourth-order valence-corrected chi connectivity index (χ4v) is 1.35. The van der Waals surface area contributed by atoms with Crippen LogP contribution in [0.3, 0.4) is 0 Å². The number of rotatable bonds is 3. The molecule has 2 heterocycles. The Bertz CT molecular complexity index is 440. The van der Waals surface area contributed by atoms with Gasteiger partial charge in [-0.2, -0.15) is 5.10 Å². The number of halogens is 1. The van der Waals surface area contributed by atoms with Gasteiger partial charge in [-0.15, -0.1) is 0 Å². The molecule has 0 unspecified atom stereocenters. The molecule has 15 heavy (non-hydrogen) atoms. The van der Waals surface area contributed by atoms with Gasteiger partial charge in [-0.05, 0) is 35.0 Å². The SMILES string of the molecule is Cc1nc(NCc2ncn[nH]2)ccc1Br. The summed E-state index contributed by atoms with van der Waals surface area (Å²) in [5.74, 6) is 1.62. The van der Waals surface area contributed by atoms with Crippen molar-refractivity contribution in [3.8, 4) is 0 Å². The van der Waals surface area contributed by atoms with E-state index in [0.29, 0.717) is 6.54 Å². The minimum atomic E-state index is 0.591. The van der Waals surface area contributed by atoms with Gasteiger partial charge in [0.2, 0.25) is 0 Å². The molecular weight excluding hydrogens is 258 g/mol. The molecule has 0 fully saturated rings. The first-order valence-electron chi connectivity index (χ1n) is 4.47. The molecular formula is C9H10BrN5. The summed E-state index contributed by atoms with van der Waals surface area (Å²) in [5.41, 5.74) is 0.956. The van der Waals surface area contributed by atoms with Gasteiger partial charge in [0.15, 0.2) is 0 Å². The Morgan fingerprint density at radius 1 is 1.47 bits per heavy atom. The fraction of sp³-hybridized carbons (Fsp3) is 0.222. The number of nitrogens with zero attached hydrogens (tertiary/aromatic N) is 3. The quantitative estimate of drug-likeness (QED) is 0.892. The van der Waals surface area contributed by atoms with E-state index in [0.717, 1.165) is 21.8 Å². The standard InChI is InChI=1S/C9H10BrN5/c1-6-7(10)2-3-8(14-6)11-4-9-12-5-13-15-9/h2-3,5H,4H2,1H3,(H,11,14)(H,12,13,15). The fourth-order valence-electron chi connectivity index (χ4n) is 1.13. The molecule has 0 aliphatic carbocycles. The summed E-state index contributed by atoms with van der Waals surface area (Å²) >= 11 is 3.40. The minimum Gasteiger partial charge on any atom is -0.363 e. The molecule has 2 aromatic rings. The highest BCUT2D eigenvalue weighted by atomic mass is 79.9. The van der Waals surface area contributed by atoms with Crippen LogP contribution in [0.1, 0.15) is 11.5 Å². The highest BCUT2D eigenvalue weighted by molar-refractivity contribution is 9.10. The molecule has 0 atom stereocenters. The normalized spacial score (nSPS) is 10.3. The van der Waals surface area contributed by atoms with Crippen LogP contribution in [0.5, 0.6) is 0 Å². The number of anilines is 1. The van der Waals surface area contributed by atoms with Crippen LogP contribution in [-0.4, -0.2) is 20.2 Å². The van der Waals surface area contributed by atoms with E-state index < -0.39 is 0 Å². The molecule has 0 saturated carbocycles. The predicted molar refractivity (Wildman–Crippen MR) is 60.4 cm³/mol. The Kier molecular flexibility index (Phi) is 2.96. The topological polar surface area (TPSA) is 66.5 Å². The lowest BCUT2D eigenvalue weighted by molar-refractivity contribution is 0.945. The molecule has 0 aliphatic rings. The van der Waals surface area contributed by atoms with E-state index in [-0.39, 0.29) is 0 Å². The van der Waals surface area contributed by atoms with E-state index in [2.05, 4.69) is 41.4 Å². The van der Waals surface area contributed by atoms with Crippen LogP contribution in [0.2, 0.25) is 0 Å².